The van der Waals surface area contributed by atoms with Crippen LogP contribution in [0.4, 0.5) is 4.79 Å². The first-order chi connectivity index (χ1) is 9.77. The molecule has 1 rings (SSSR count). The molecule has 21 heavy (non-hydrogen) atoms. The lowest BCUT2D eigenvalue weighted by Crippen LogP contribution is -2.57. The van der Waals surface area contributed by atoms with Crippen LogP contribution in [0.1, 0.15) is 26.7 Å². The fraction of sp³-hybridized carbons (Fsp3) is 0.833. The molecule has 1 aliphatic rings. The number of aliphatic carboxylic acids is 1. The molecule has 1 saturated heterocycles. The van der Waals surface area contributed by atoms with Gasteiger partial charge in [-0.15, -0.1) is 0 Å². The van der Waals surface area contributed by atoms with Gasteiger partial charge < -0.3 is 15.3 Å². The number of piperazine rings is 1. The number of amides is 2. The first kappa shape index (κ1) is 17.7. The summed E-state index contributed by atoms with van der Waals surface area (Å²) in [5.74, 6) is -0.836. The molecular weight excluding hydrogens is 298 g/mol. The summed E-state index contributed by atoms with van der Waals surface area (Å²) in [5, 5.41) is 11.2. The van der Waals surface area contributed by atoms with E-state index in [4.69, 9.17) is 5.11 Å². The van der Waals surface area contributed by atoms with E-state index in [2.05, 4.69) is 5.32 Å². The van der Waals surface area contributed by atoms with Crippen molar-refractivity contribution in [1.82, 2.24) is 14.5 Å². The third-order valence-electron chi connectivity index (χ3n) is 3.45. The van der Waals surface area contributed by atoms with Crippen LogP contribution >= 0.6 is 0 Å². The Morgan fingerprint density at radius 3 is 2.52 bits per heavy atom. The molecule has 0 aromatic rings. The van der Waals surface area contributed by atoms with Gasteiger partial charge in [0.1, 0.15) is 0 Å². The number of carboxylic acids is 1. The minimum absolute atomic E-state index is 0.0123. The number of hydrogen-bond donors (Lipinski definition) is 2. The molecule has 8 nitrogen and oxygen atoms in total. The molecule has 2 amide bonds. The van der Waals surface area contributed by atoms with Gasteiger partial charge in [0.15, 0.2) is 0 Å². The zero-order valence-electron chi connectivity index (χ0n) is 12.4. The van der Waals surface area contributed by atoms with E-state index in [-0.39, 0.29) is 24.2 Å². The molecule has 0 spiro atoms. The summed E-state index contributed by atoms with van der Waals surface area (Å²) in [6.45, 7) is 4.62. The summed E-state index contributed by atoms with van der Waals surface area (Å²) in [4.78, 5) is 23.9. The zero-order chi connectivity index (χ0) is 16.0. The Bertz CT molecular complexity index is 479. The van der Waals surface area contributed by atoms with Gasteiger partial charge in [0.2, 0.25) is 10.0 Å². The fourth-order valence-corrected chi connectivity index (χ4v) is 3.37. The minimum atomic E-state index is -3.22. The van der Waals surface area contributed by atoms with Gasteiger partial charge in [0.05, 0.1) is 5.75 Å². The number of carbonyl (C=O) groups is 2. The average molecular weight is 321 g/mol. The van der Waals surface area contributed by atoms with E-state index in [0.717, 1.165) is 0 Å². The number of nitrogens with one attached hydrogen (secondary N) is 1. The predicted molar refractivity (Wildman–Crippen MR) is 77.5 cm³/mol. The molecule has 0 saturated carbocycles. The smallest absolute Gasteiger partial charge is 0.317 e. The lowest BCUT2D eigenvalue weighted by molar-refractivity contribution is -0.137. The fourth-order valence-electron chi connectivity index (χ4n) is 2.20. The van der Waals surface area contributed by atoms with Gasteiger partial charge in [-0.1, -0.05) is 0 Å². The maximum absolute atomic E-state index is 12.0. The van der Waals surface area contributed by atoms with Crippen LogP contribution in [0, 0.1) is 0 Å². The molecule has 122 valence electrons. The Morgan fingerprint density at radius 1 is 1.33 bits per heavy atom. The molecule has 1 atom stereocenters. The summed E-state index contributed by atoms with van der Waals surface area (Å²) in [6.07, 6.45) is 0.387. The topological polar surface area (TPSA) is 107 Å². The Balaban J connectivity index is 2.44. The predicted octanol–water partition coefficient (Wildman–Crippen LogP) is -0.0834. The maximum Gasteiger partial charge on any atom is 0.317 e. The second-order valence-corrected chi connectivity index (χ2v) is 7.29. The third-order valence-corrected chi connectivity index (χ3v) is 5.30. The van der Waals surface area contributed by atoms with Crippen molar-refractivity contribution in [2.24, 2.45) is 0 Å². The Morgan fingerprint density at radius 2 is 2.00 bits per heavy atom. The molecule has 1 heterocycles. The summed E-state index contributed by atoms with van der Waals surface area (Å²) < 4.78 is 25.0. The number of rotatable bonds is 6. The lowest BCUT2D eigenvalue weighted by Gasteiger charge is -2.38. The number of urea groups is 1. The van der Waals surface area contributed by atoms with Crippen molar-refractivity contribution >= 4 is 22.0 Å². The van der Waals surface area contributed by atoms with Crippen LogP contribution < -0.4 is 5.32 Å². The molecule has 0 aliphatic carbocycles. The van der Waals surface area contributed by atoms with Gasteiger partial charge in [0, 0.05) is 38.6 Å². The van der Waals surface area contributed by atoms with E-state index >= 15 is 0 Å². The van der Waals surface area contributed by atoms with Gasteiger partial charge in [-0.25, -0.2) is 13.2 Å². The van der Waals surface area contributed by atoms with Gasteiger partial charge in [-0.3, -0.25) is 4.79 Å². The van der Waals surface area contributed by atoms with Crippen LogP contribution in [0.2, 0.25) is 0 Å². The molecule has 1 fully saturated rings. The second kappa shape index (κ2) is 7.60. The zero-order valence-corrected chi connectivity index (χ0v) is 13.2. The summed E-state index contributed by atoms with van der Waals surface area (Å²) >= 11 is 0. The van der Waals surface area contributed by atoms with Crippen LogP contribution in [0.15, 0.2) is 0 Å². The van der Waals surface area contributed by atoms with Crippen LogP contribution in [-0.2, 0) is 14.8 Å². The summed E-state index contributed by atoms with van der Waals surface area (Å²) in [7, 11) is -3.22. The van der Waals surface area contributed by atoms with E-state index in [9.17, 15) is 18.0 Å². The molecule has 0 unspecified atom stereocenters. The molecule has 0 radical (unpaired) electrons. The van der Waals surface area contributed by atoms with E-state index in [1.54, 1.807) is 18.7 Å². The second-order valence-electron chi connectivity index (χ2n) is 5.03. The first-order valence-corrected chi connectivity index (χ1v) is 8.63. The SMILES string of the molecule is CCS(=O)(=O)N1CCN(C(=O)NCCCC(=O)O)[C@H](C)C1. The van der Waals surface area contributed by atoms with Gasteiger partial charge in [-0.2, -0.15) is 4.31 Å². The Labute approximate surface area is 125 Å². The van der Waals surface area contributed by atoms with Crippen LogP contribution in [0.3, 0.4) is 0 Å². The highest BCUT2D eigenvalue weighted by Gasteiger charge is 2.32. The number of sulfonamides is 1. The van der Waals surface area contributed by atoms with E-state index in [1.807, 2.05) is 0 Å². The van der Waals surface area contributed by atoms with Crippen molar-refractivity contribution in [3.05, 3.63) is 0 Å². The maximum atomic E-state index is 12.0. The van der Waals surface area contributed by atoms with Gasteiger partial charge in [-0.05, 0) is 20.3 Å². The van der Waals surface area contributed by atoms with Crippen LogP contribution in [0.5, 0.6) is 0 Å². The standard InChI is InChI=1S/C12H23N3O5S/c1-3-21(19,20)14-7-8-15(10(2)9-14)12(18)13-6-4-5-11(16)17/h10H,3-9H2,1-2H3,(H,13,18)(H,16,17)/t10-/m1/s1. The van der Waals surface area contributed by atoms with Gasteiger partial charge in [0.25, 0.3) is 0 Å². The number of hydrogen-bond acceptors (Lipinski definition) is 4. The average Bonchev–Trinajstić information content (AvgIpc) is 2.43. The highest BCUT2D eigenvalue weighted by atomic mass is 32.2. The highest BCUT2D eigenvalue weighted by Crippen LogP contribution is 2.13. The number of carbonyl (C=O) groups excluding carboxylic acids is 1. The molecule has 0 bridgehead atoms. The van der Waals surface area contributed by atoms with Crippen molar-refractivity contribution in [1.29, 1.82) is 0 Å². The monoisotopic (exact) mass is 321 g/mol. The van der Waals surface area contributed by atoms with Crippen LogP contribution in [-0.4, -0.2) is 72.7 Å². The first-order valence-electron chi connectivity index (χ1n) is 7.02. The molecule has 0 aromatic carbocycles. The lowest BCUT2D eigenvalue weighted by atomic mass is 10.2. The molecule has 2 N–H and O–H groups in total. The van der Waals surface area contributed by atoms with Crippen LogP contribution in [0.25, 0.3) is 0 Å². The number of nitrogens with zero attached hydrogens (tertiary/aromatic N) is 2. The van der Waals surface area contributed by atoms with Crippen molar-refractivity contribution in [2.75, 3.05) is 31.9 Å². The molecule has 1 aliphatic heterocycles. The van der Waals surface area contributed by atoms with Crippen molar-refractivity contribution in [2.45, 2.75) is 32.7 Å². The Kier molecular flexibility index (Phi) is 6.41. The molecule has 0 aromatic heterocycles. The van der Waals surface area contributed by atoms with Gasteiger partial charge >= 0.3 is 12.0 Å². The normalized spacial score (nSPS) is 20.3. The minimum Gasteiger partial charge on any atom is -0.481 e. The molecular formula is C12H23N3O5S. The third kappa shape index (κ3) is 5.16. The van der Waals surface area contributed by atoms with Crippen molar-refractivity contribution < 1.29 is 23.1 Å². The largest absolute Gasteiger partial charge is 0.481 e. The van der Waals surface area contributed by atoms with E-state index < -0.39 is 16.0 Å². The number of carboxylic acid groups (broad SMARTS) is 1. The van der Waals surface area contributed by atoms with Crippen molar-refractivity contribution in [3.63, 3.8) is 0 Å². The van der Waals surface area contributed by atoms with Crippen molar-refractivity contribution in [3.8, 4) is 0 Å². The molecule has 9 heteroatoms. The Hall–Kier alpha value is -1.35. The summed E-state index contributed by atoms with van der Waals surface area (Å²) in [6, 6.07) is -0.485. The quantitative estimate of drug-likeness (QED) is 0.665. The van der Waals surface area contributed by atoms with E-state index in [0.29, 0.717) is 32.6 Å². The summed E-state index contributed by atoms with van der Waals surface area (Å²) in [5.41, 5.74) is 0. The van der Waals surface area contributed by atoms with E-state index in [1.165, 1.54) is 4.31 Å². The highest BCUT2D eigenvalue weighted by molar-refractivity contribution is 7.89.